The molecular weight excluding hydrogens is 238 g/mol. The molecule has 0 spiro atoms. The van der Waals surface area contributed by atoms with Crippen LogP contribution in [0.5, 0.6) is 0 Å². The van der Waals surface area contributed by atoms with Crippen LogP contribution in [0.1, 0.15) is 45.4 Å². The SMILES string of the molecule is CC1CCN(S(=O)(=O)C2CCCCC2)CC1O. The second-order valence-corrected chi connectivity index (χ2v) is 7.71. The summed E-state index contributed by atoms with van der Waals surface area (Å²) in [7, 11) is -3.17. The normalized spacial score (nSPS) is 33.8. The van der Waals surface area contributed by atoms with Crippen LogP contribution in [0.25, 0.3) is 0 Å². The number of aliphatic hydroxyl groups excluding tert-OH is 1. The monoisotopic (exact) mass is 261 g/mol. The minimum atomic E-state index is -3.17. The van der Waals surface area contributed by atoms with E-state index in [4.69, 9.17) is 0 Å². The molecule has 1 aliphatic heterocycles. The van der Waals surface area contributed by atoms with Crippen molar-refractivity contribution < 1.29 is 13.5 Å². The van der Waals surface area contributed by atoms with Crippen LogP contribution < -0.4 is 0 Å². The highest BCUT2D eigenvalue weighted by Crippen LogP contribution is 2.28. The summed E-state index contributed by atoms with van der Waals surface area (Å²) in [5.41, 5.74) is 0. The van der Waals surface area contributed by atoms with Gasteiger partial charge in [-0.25, -0.2) is 8.42 Å². The number of hydrogen-bond acceptors (Lipinski definition) is 3. The molecule has 2 aliphatic rings. The van der Waals surface area contributed by atoms with Crippen molar-refractivity contribution in [2.24, 2.45) is 5.92 Å². The molecule has 1 saturated heterocycles. The summed E-state index contributed by atoms with van der Waals surface area (Å²) in [4.78, 5) is 0. The van der Waals surface area contributed by atoms with Crippen LogP contribution in [0.4, 0.5) is 0 Å². The van der Waals surface area contributed by atoms with Crippen LogP contribution in [-0.4, -0.2) is 42.3 Å². The van der Waals surface area contributed by atoms with Gasteiger partial charge in [-0.15, -0.1) is 0 Å². The van der Waals surface area contributed by atoms with Gasteiger partial charge in [0.05, 0.1) is 11.4 Å². The molecule has 2 rings (SSSR count). The Balaban J connectivity index is 2.04. The zero-order valence-corrected chi connectivity index (χ0v) is 11.3. The van der Waals surface area contributed by atoms with E-state index in [9.17, 15) is 13.5 Å². The highest BCUT2D eigenvalue weighted by molar-refractivity contribution is 7.89. The van der Waals surface area contributed by atoms with Gasteiger partial charge >= 0.3 is 0 Å². The van der Waals surface area contributed by atoms with Crippen molar-refractivity contribution in [3.05, 3.63) is 0 Å². The van der Waals surface area contributed by atoms with Gasteiger partial charge in [0.15, 0.2) is 0 Å². The molecule has 0 aromatic rings. The minimum Gasteiger partial charge on any atom is -0.391 e. The molecule has 0 aromatic heterocycles. The molecule has 1 N–H and O–H groups in total. The zero-order valence-electron chi connectivity index (χ0n) is 10.5. The fourth-order valence-electron chi connectivity index (χ4n) is 2.82. The van der Waals surface area contributed by atoms with Gasteiger partial charge in [-0.05, 0) is 25.2 Å². The molecule has 1 saturated carbocycles. The Morgan fingerprint density at radius 3 is 2.35 bits per heavy atom. The van der Waals surface area contributed by atoms with Gasteiger partial charge in [-0.3, -0.25) is 0 Å². The molecule has 4 nitrogen and oxygen atoms in total. The summed E-state index contributed by atoms with van der Waals surface area (Å²) < 4.78 is 26.3. The first-order valence-corrected chi connectivity index (χ1v) is 8.19. The Labute approximate surface area is 104 Å². The molecule has 5 heteroatoms. The van der Waals surface area contributed by atoms with E-state index in [1.807, 2.05) is 6.92 Å². The Morgan fingerprint density at radius 2 is 1.76 bits per heavy atom. The van der Waals surface area contributed by atoms with E-state index in [1.165, 1.54) is 4.31 Å². The number of sulfonamides is 1. The van der Waals surface area contributed by atoms with Gasteiger partial charge in [0.1, 0.15) is 0 Å². The summed E-state index contributed by atoms with van der Waals surface area (Å²) >= 11 is 0. The van der Waals surface area contributed by atoms with Crippen molar-refractivity contribution in [3.63, 3.8) is 0 Å². The second kappa shape index (κ2) is 5.24. The number of hydrogen-bond donors (Lipinski definition) is 1. The second-order valence-electron chi connectivity index (χ2n) is 5.50. The first-order chi connectivity index (χ1) is 8.01. The van der Waals surface area contributed by atoms with Crippen molar-refractivity contribution in [2.45, 2.75) is 56.8 Å². The molecule has 2 fully saturated rings. The van der Waals surface area contributed by atoms with Crippen molar-refractivity contribution >= 4 is 10.0 Å². The average molecular weight is 261 g/mol. The van der Waals surface area contributed by atoms with E-state index in [0.717, 1.165) is 38.5 Å². The van der Waals surface area contributed by atoms with E-state index >= 15 is 0 Å². The highest BCUT2D eigenvalue weighted by Gasteiger charge is 2.37. The maximum atomic E-state index is 12.4. The largest absolute Gasteiger partial charge is 0.391 e. The lowest BCUT2D eigenvalue weighted by Crippen LogP contribution is -2.49. The molecule has 0 bridgehead atoms. The van der Waals surface area contributed by atoms with Gasteiger partial charge in [-0.2, -0.15) is 4.31 Å². The van der Waals surface area contributed by atoms with Crippen LogP contribution in [0.15, 0.2) is 0 Å². The number of piperidine rings is 1. The Kier molecular flexibility index (Phi) is 4.10. The average Bonchev–Trinajstić information content (AvgIpc) is 2.33. The lowest BCUT2D eigenvalue weighted by Gasteiger charge is -2.36. The van der Waals surface area contributed by atoms with Crippen LogP contribution in [-0.2, 0) is 10.0 Å². The van der Waals surface area contributed by atoms with Gasteiger partial charge in [0, 0.05) is 13.1 Å². The van der Waals surface area contributed by atoms with Crippen LogP contribution in [0.3, 0.4) is 0 Å². The molecule has 17 heavy (non-hydrogen) atoms. The summed E-state index contributed by atoms with van der Waals surface area (Å²) in [6, 6.07) is 0. The van der Waals surface area contributed by atoms with Crippen molar-refractivity contribution in [1.29, 1.82) is 0 Å². The van der Waals surface area contributed by atoms with E-state index in [-0.39, 0.29) is 11.2 Å². The number of rotatable bonds is 2. The van der Waals surface area contributed by atoms with Crippen LogP contribution >= 0.6 is 0 Å². The predicted octanol–water partition coefficient (Wildman–Crippen LogP) is 1.35. The standard InChI is InChI=1S/C12H23NO3S/c1-10-7-8-13(9-12(10)14)17(15,16)11-5-3-2-4-6-11/h10-12,14H,2-9H2,1H3. The summed E-state index contributed by atoms with van der Waals surface area (Å²) in [5.74, 6) is 0.216. The van der Waals surface area contributed by atoms with E-state index in [2.05, 4.69) is 0 Å². The third kappa shape index (κ3) is 2.83. The molecule has 2 unspecified atom stereocenters. The first kappa shape index (κ1) is 13.3. The first-order valence-electron chi connectivity index (χ1n) is 6.69. The van der Waals surface area contributed by atoms with Crippen molar-refractivity contribution in [2.75, 3.05) is 13.1 Å². The molecule has 1 aliphatic carbocycles. The van der Waals surface area contributed by atoms with E-state index < -0.39 is 16.1 Å². The maximum Gasteiger partial charge on any atom is 0.217 e. The summed E-state index contributed by atoms with van der Waals surface area (Å²) in [6.07, 6.45) is 5.07. The van der Waals surface area contributed by atoms with Gasteiger partial charge in [-0.1, -0.05) is 26.2 Å². The molecule has 2 atom stereocenters. The van der Waals surface area contributed by atoms with Gasteiger partial charge in [0.2, 0.25) is 10.0 Å². The lowest BCUT2D eigenvalue weighted by molar-refractivity contribution is 0.0600. The smallest absolute Gasteiger partial charge is 0.217 e. The number of aliphatic hydroxyl groups is 1. The molecular formula is C12H23NO3S. The highest BCUT2D eigenvalue weighted by atomic mass is 32.2. The minimum absolute atomic E-state index is 0.197. The fourth-order valence-corrected chi connectivity index (χ4v) is 4.90. The number of β-amino-alcohol motifs (C(OH)–C–C–N with tert-alkyl or cyclic N) is 1. The molecule has 0 radical (unpaired) electrons. The quantitative estimate of drug-likeness (QED) is 0.816. The van der Waals surface area contributed by atoms with Crippen LogP contribution in [0, 0.1) is 5.92 Å². The van der Waals surface area contributed by atoms with Crippen molar-refractivity contribution in [1.82, 2.24) is 4.31 Å². The van der Waals surface area contributed by atoms with E-state index in [0.29, 0.717) is 13.1 Å². The zero-order chi connectivity index (χ0) is 12.5. The molecule has 0 amide bonds. The number of nitrogens with zero attached hydrogens (tertiary/aromatic N) is 1. The fraction of sp³-hybridized carbons (Fsp3) is 1.00. The maximum absolute atomic E-state index is 12.4. The van der Waals surface area contributed by atoms with Crippen LogP contribution in [0.2, 0.25) is 0 Å². The van der Waals surface area contributed by atoms with E-state index in [1.54, 1.807) is 0 Å². The third-order valence-electron chi connectivity index (χ3n) is 4.21. The molecule has 100 valence electrons. The Bertz CT molecular complexity index is 349. The molecule has 1 heterocycles. The third-order valence-corrected chi connectivity index (χ3v) is 6.58. The predicted molar refractivity (Wildman–Crippen MR) is 67.2 cm³/mol. The Hall–Kier alpha value is -0.130. The summed E-state index contributed by atoms with van der Waals surface area (Å²) in [6.45, 7) is 2.85. The van der Waals surface area contributed by atoms with Gasteiger partial charge in [0.25, 0.3) is 0 Å². The lowest BCUT2D eigenvalue weighted by atomic mass is 9.98. The Morgan fingerprint density at radius 1 is 1.12 bits per heavy atom. The summed E-state index contributed by atoms with van der Waals surface area (Å²) in [5, 5.41) is 9.61. The topological polar surface area (TPSA) is 57.6 Å². The molecule has 0 aromatic carbocycles. The van der Waals surface area contributed by atoms with Crippen molar-refractivity contribution in [3.8, 4) is 0 Å². The van der Waals surface area contributed by atoms with Gasteiger partial charge < -0.3 is 5.11 Å².